The van der Waals surface area contributed by atoms with E-state index in [0.717, 1.165) is 32.8 Å². The first-order chi connectivity index (χ1) is 11.2. The SMILES string of the molecule is O=Cc1c(O)ccc2oc(C(O)NCCN3CCOCC3)cc12. The lowest BCUT2D eigenvalue weighted by Crippen LogP contribution is -2.40. The number of aliphatic hydroxyl groups excluding tert-OH is 1. The molecule has 7 nitrogen and oxygen atoms in total. The van der Waals surface area contributed by atoms with Crippen LogP contribution in [-0.4, -0.2) is 60.8 Å². The summed E-state index contributed by atoms with van der Waals surface area (Å²) in [5, 5.41) is 23.3. The van der Waals surface area contributed by atoms with Crippen LogP contribution < -0.4 is 5.32 Å². The van der Waals surface area contributed by atoms with E-state index in [1.807, 2.05) is 0 Å². The van der Waals surface area contributed by atoms with Gasteiger partial charge < -0.3 is 19.4 Å². The second kappa shape index (κ2) is 7.10. The molecule has 1 atom stereocenters. The highest BCUT2D eigenvalue weighted by Crippen LogP contribution is 2.30. The Morgan fingerprint density at radius 3 is 2.87 bits per heavy atom. The van der Waals surface area contributed by atoms with E-state index >= 15 is 0 Å². The molecule has 0 aliphatic carbocycles. The molecular formula is C16H20N2O5. The monoisotopic (exact) mass is 320 g/mol. The first-order valence-corrected chi connectivity index (χ1v) is 7.61. The fourth-order valence-corrected chi connectivity index (χ4v) is 2.68. The van der Waals surface area contributed by atoms with Gasteiger partial charge >= 0.3 is 0 Å². The minimum absolute atomic E-state index is 0.102. The molecule has 0 spiro atoms. The third-order valence-corrected chi connectivity index (χ3v) is 4.00. The van der Waals surface area contributed by atoms with Crippen molar-refractivity contribution in [1.29, 1.82) is 0 Å². The van der Waals surface area contributed by atoms with Crippen LogP contribution in [0.3, 0.4) is 0 Å². The third kappa shape index (κ3) is 3.53. The zero-order valence-electron chi connectivity index (χ0n) is 12.7. The number of phenols is 1. The Bertz CT molecular complexity index is 678. The summed E-state index contributed by atoms with van der Waals surface area (Å²) in [6.45, 7) is 4.67. The first-order valence-electron chi connectivity index (χ1n) is 7.61. The molecule has 1 fully saturated rings. The van der Waals surface area contributed by atoms with Gasteiger partial charge in [0.1, 0.15) is 17.1 Å². The molecule has 0 amide bonds. The van der Waals surface area contributed by atoms with Crippen molar-refractivity contribution < 1.29 is 24.2 Å². The number of fused-ring (bicyclic) bond motifs is 1. The maximum absolute atomic E-state index is 11.1. The number of hydrogen-bond donors (Lipinski definition) is 3. The summed E-state index contributed by atoms with van der Waals surface area (Å²) in [7, 11) is 0. The zero-order valence-corrected chi connectivity index (χ0v) is 12.7. The van der Waals surface area contributed by atoms with Crippen molar-refractivity contribution >= 4 is 17.3 Å². The number of aromatic hydroxyl groups is 1. The highest BCUT2D eigenvalue weighted by Gasteiger charge is 2.17. The lowest BCUT2D eigenvalue weighted by molar-refractivity contribution is 0.0348. The van der Waals surface area contributed by atoms with Crippen molar-refractivity contribution in [2.24, 2.45) is 0 Å². The van der Waals surface area contributed by atoms with Gasteiger partial charge in [0.2, 0.25) is 0 Å². The molecule has 1 saturated heterocycles. The summed E-state index contributed by atoms with van der Waals surface area (Å²) in [4.78, 5) is 13.3. The fraction of sp³-hybridized carbons (Fsp3) is 0.438. The number of benzene rings is 1. The van der Waals surface area contributed by atoms with Crippen molar-refractivity contribution in [1.82, 2.24) is 10.2 Å². The molecule has 1 aliphatic rings. The number of carbonyl (C=O) groups is 1. The van der Waals surface area contributed by atoms with Crippen molar-refractivity contribution in [2.45, 2.75) is 6.23 Å². The molecule has 3 rings (SSSR count). The molecular weight excluding hydrogens is 300 g/mol. The van der Waals surface area contributed by atoms with E-state index in [1.54, 1.807) is 12.1 Å². The van der Waals surface area contributed by atoms with E-state index in [-0.39, 0.29) is 11.3 Å². The number of carbonyl (C=O) groups excluding carboxylic acids is 1. The van der Waals surface area contributed by atoms with Gasteiger partial charge in [-0.3, -0.25) is 15.0 Å². The van der Waals surface area contributed by atoms with Gasteiger partial charge in [0, 0.05) is 31.6 Å². The van der Waals surface area contributed by atoms with Crippen LogP contribution in [-0.2, 0) is 4.74 Å². The third-order valence-electron chi connectivity index (χ3n) is 4.00. The van der Waals surface area contributed by atoms with Gasteiger partial charge in [-0.1, -0.05) is 0 Å². The number of aliphatic hydroxyl groups is 1. The van der Waals surface area contributed by atoms with Crippen molar-refractivity contribution in [2.75, 3.05) is 39.4 Å². The van der Waals surface area contributed by atoms with Crippen LogP contribution in [0.5, 0.6) is 5.75 Å². The molecule has 0 saturated carbocycles. The molecule has 3 N–H and O–H groups in total. The van der Waals surface area contributed by atoms with Crippen LogP contribution in [0.1, 0.15) is 22.3 Å². The highest BCUT2D eigenvalue weighted by atomic mass is 16.5. The number of nitrogens with one attached hydrogen (secondary N) is 1. The summed E-state index contributed by atoms with van der Waals surface area (Å²) in [6.07, 6.45) is -0.389. The van der Waals surface area contributed by atoms with Crippen LogP contribution in [0.25, 0.3) is 11.0 Å². The van der Waals surface area contributed by atoms with Gasteiger partial charge in [0.15, 0.2) is 12.5 Å². The average molecular weight is 320 g/mol. The Morgan fingerprint density at radius 1 is 1.35 bits per heavy atom. The van der Waals surface area contributed by atoms with Gasteiger partial charge in [-0.15, -0.1) is 0 Å². The number of rotatable bonds is 6. The molecule has 7 heteroatoms. The van der Waals surface area contributed by atoms with E-state index < -0.39 is 6.23 Å². The molecule has 2 aromatic rings. The lowest BCUT2D eigenvalue weighted by atomic mass is 10.1. The van der Waals surface area contributed by atoms with Gasteiger partial charge in [-0.05, 0) is 18.2 Å². The molecule has 23 heavy (non-hydrogen) atoms. The molecule has 0 bridgehead atoms. The van der Waals surface area contributed by atoms with Gasteiger partial charge in [-0.2, -0.15) is 0 Å². The Morgan fingerprint density at radius 2 is 2.13 bits per heavy atom. The van der Waals surface area contributed by atoms with E-state index in [0.29, 0.717) is 29.6 Å². The van der Waals surface area contributed by atoms with Crippen LogP contribution in [0.2, 0.25) is 0 Å². The molecule has 124 valence electrons. The summed E-state index contributed by atoms with van der Waals surface area (Å²) >= 11 is 0. The molecule has 0 radical (unpaired) electrons. The summed E-state index contributed by atoms with van der Waals surface area (Å²) in [6, 6.07) is 4.55. The van der Waals surface area contributed by atoms with Gasteiger partial charge in [-0.25, -0.2) is 0 Å². The summed E-state index contributed by atoms with van der Waals surface area (Å²) < 4.78 is 10.8. The summed E-state index contributed by atoms with van der Waals surface area (Å²) in [5.41, 5.74) is 0.618. The fourth-order valence-electron chi connectivity index (χ4n) is 2.68. The second-order valence-electron chi connectivity index (χ2n) is 5.49. The number of phenolic OH excluding ortho intramolecular Hbond substituents is 1. The molecule has 1 aliphatic heterocycles. The Balaban J connectivity index is 1.64. The molecule has 1 unspecified atom stereocenters. The van der Waals surface area contributed by atoms with Crippen LogP contribution >= 0.6 is 0 Å². The van der Waals surface area contributed by atoms with Gasteiger partial charge in [0.05, 0.1) is 18.8 Å². The zero-order chi connectivity index (χ0) is 16.2. The number of hydrogen-bond acceptors (Lipinski definition) is 7. The normalized spacial score (nSPS) is 17.4. The predicted octanol–water partition coefficient (Wildman–Crippen LogP) is 0.864. The molecule has 2 heterocycles. The minimum atomic E-state index is -0.968. The number of ether oxygens (including phenoxy) is 1. The highest BCUT2D eigenvalue weighted by molar-refractivity contribution is 5.99. The Kier molecular flexibility index (Phi) is 4.92. The molecule has 1 aromatic carbocycles. The van der Waals surface area contributed by atoms with Crippen molar-refractivity contribution in [3.8, 4) is 5.75 Å². The maximum atomic E-state index is 11.1. The maximum Gasteiger partial charge on any atom is 0.164 e. The standard InChI is InChI=1S/C16H20N2O5/c19-10-12-11-9-15(23-14(11)2-1-13(12)20)16(21)17-3-4-18-5-7-22-8-6-18/h1-2,9-10,16-17,20-21H,3-8H2. The van der Waals surface area contributed by atoms with Crippen molar-refractivity contribution in [3.05, 3.63) is 29.5 Å². The minimum Gasteiger partial charge on any atom is -0.507 e. The quantitative estimate of drug-likeness (QED) is 0.537. The number of furan rings is 1. The number of aldehydes is 1. The van der Waals surface area contributed by atoms with Gasteiger partial charge in [0.25, 0.3) is 0 Å². The Labute approximate surface area is 133 Å². The van der Waals surface area contributed by atoms with E-state index in [9.17, 15) is 15.0 Å². The van der Waals surface area contributed by atoms with Crippen LogP contribution in [0, 0.1) is 0 Å². The van der Waals surface area contributed by atoms with Crippen LogP contribution in [0.15, 0.2) is 22.6 Å². The smallest absolute Gasteiger partial charge is 0.164 e. The first kappa shape index (κ1) is 15.9. The average Bonchev–Trinajstić information content (AvgIpc) is 3.00. The van der Waals surface area contributed by atoms with E-state index in [4.69, 9.17) is 9.15 Å². The largest absolute Gasteiger partial charge is 0.507 e. The molecule has 1 aromatic heterocycles. The number of nitrogens with zero attached hydrogens (tertiary/aromatic N) is 1. The topological polar surface area (TPSA) is 95.2 Å². The van der Waals surface area contributed by atoms with E-state index in [2.05, 4.69) is 10.2 Å². The second-order valence-corrected chi connectivity index (χ2v) is 5.49. The number of morpholine rings is 1. The van der Waals surface area contributed by atoms with E-state index in [1.165, 1.54) is 6.07 Å². The summed E-state index contributed by atoms with van der Waals surface area (Å²) in [5.74, 6) is 0.213. The van der Waals surface area contributed by atoms with Crippen LogP contribution in [0.4, 0.5) is 0 Å². The lowest BCUT2D eigenvalue weighted by Gasteiger charge is -2.26. The predicted molar refractivity (Wildman–Crippen MR) is 83.5 cm³/mol. The Hall–Kier alpha value is -1.93. The van der Waals surface area contributed by atoms with Crippen molar-refractivity contribution in [3.63, 3.8) is 0 Å².